The molecular formula is C19H14OP+. The van der Waals surface area contributed by atoms with Gasteiger partial charge < -0.3 is 5.11 Å². The Morgan fingerprint density at radius 3 is 2.33 bits per heavy atom. The van der Waals surface area contributed by atoms with Crippen molar-refractivity contribution in [1.29, 1.82) is 0 Å². The van der Waals surface area contributed by atoms with Gasteiger partial charge >= 0.3 is 0 Å². The number of hydrogen-bond donors (Lipinski definition) is 1. The molecule has 1 heterocycles. The predicted molar refractivity (Wildman–Crippen MR) is 91.6 cm³/mol. The first-order chi connectivity index (χ1) is 10.3. The van der Waals surface area contributed by atoms with Gasteiger partial charge in [-0.05, 0) is 47.2 Å². The molecule has 0 fully saturated rings. The number of phenols is 1. The third-order valence-corrected chi connectivity index (χ3v) is 6.12. The van der Waals surface area contributed by atoms with Gasteiger partial charge in [0.1, 0.15) is 5.80 Å². The third kappa shape index (κ3) is 1.98. The SMILES string of the molecule is Oc1ccccc1-[p+]1cccc2c3ccccc3ccc21. The van der Waals surface area contributed by atoms with Gasteiger partial charge in [-0.25, -0.2) is 0 Å². The molecule has 1 N–H and O–H groups in total. The first-order valence-corrected chi connectivity index (χ1v) is 8.36. The summed E-state index contributed by atoms with van der Waals surface area (Å²) in [6.07, 6.45) is 0. The maximum absolute atomic E-state index is 10.2. The Labute approximate surface area is 124 Å². The molecule has 0 saturated heterocycles. The van der Waals surface area contributed by atoms with Crippen LogP contribution >= 0.6 is 7.53 Å². The zero-order valence-corrected chi connectivity index (χ0v) is 12.3. The van der Waals surface area contributed by atoms with Gasteiger partial charge in [0.15, 0.2) is 23.7 Å². The summed E-state index contributed by atoms with van der Waals surface area (Å²) in [6, 6.07) is 24.8. The average Bonchev–Trinajstić information content (AvgIpc) is 2.55. The Bertz CT molecular complexity index is 960. The number of aromatic hydroxyl groups is 1. The van der Waals surface area contributed by atoms with Crippen LogP contribution in [-0.2, 0) is 0 Å². The lowest BCUT2D eigenvalue weighted by Gasteiger charge is -2.03. The van der Waals surface area contributed by atoms with Gasteiger partial charge in [0.2, 0.25) is 0 Å². The normalized spacial score (nSPS) is 11.9. The molecule has 1 atom stereocenters. The van der Waals surface area contributed by atoms with E-state index in [2.05, 4.69) is 54.3 Å². The van der Waals surface area contributed by atoms with Crippen LogP contribution in [0, 0.1) is 0 Å². The Kier molecular flexibility index (Phi) is 2.87. The van der Waals surface area contributed by atoms with Crippen molar-refractivity contribution in [1.82, 2.24) is 0 Å². The number of rotatable bonds is 1. The van der Waals surface area contributed by atoms with E-state index in [4.69, 9.17) is 0 Å². The summed E-state index contributed by atoms with van der Waals surface area (Å²) < 4.78 is 0. The molecule has 0 amide bonds. The second kappa shape index (κ2) is 4.87. The molecule has 0 aliphatic rings. The van der Waals surface area contributed by atoms with E-state index in [9.17, 15) is 5.11 Å². The second-order valence-corrected chi connectivity index (χ2v) is 7.09. The van der Waals surface area contributed by atoms with Crippen molar-refractivity contribution in [2.24, 2.45) is 0 Å². The molecule has 0 saturated carbocycles. The lowest BCUT2D eigenvalue weighted by atomic mass is 10.1. The fraction of sp³-hybridized carbons (Fsp3) is 0. The Hall–Kier alpha value is -2.37. The van der Waals surface area contributed by atoms with Crippen LogP contribution in [0.25, 0.3) is 26.6 Å². The summed E-state index contributed by atoms with van der Waals surface area (Å²) in [5, 5.41) is 16.3. The lowest BCUT2D eigenvalue weighted by Crippen LogP contribution is -1.77. The first-order valence-electron chi connectivity index (χ1n) is 6.95. The minimum absolute atomic E-state index is 0.384. The highest BCUT2D eigenvalue weighted by Gasteiger charge is 2.19. The van der Waals surface area contributed by atoms with Crippen molar-refractivity contribution in [2.45, 2.75) is 0 Å². The van der Waals surface area contributed by atoms with Gasteiger partial charge in [-0.15, -0.1) is 0 Å². The summed E-state index contributed by atoms with van der Waals surface area (Å²) in [5.41, 5.74) is 0. The summed E-state index contributed by atoms with van der Waals surface area (Å²) >= 11 is 0. The summed E-state index contributed by atoms with van der Waals surface area (Å²) in [5.74, 6) is 2.59. The van der Waals surface area contributed by atoms with E-state index in [0.717, 1.165) is 5.30 Å². The minimum Gasteiger partial charge on any atom is -0.504 e. The van der Waals surface area contributed by atoms with Gasteiger partial charge in [-0.1, -0.05) is 36.4 Å². The molecule has 100 valence electrons. The first kappa shape index (κ1) is 12.4. The van der Waals surface area contributed by atoms with Crippen molar-refractivity contribution in [3.8, 4) is 11.1 Å². The molecule has 21 heavy (non-hydrogen) atoms. The van der Waals surface area contributed by atoms with E-state index in [0.29, 0.717) is 5.75 Å². The molecular weight excluding hydrogens is 275 g/mol. The zero-order valence-electron chi connectivity index (χ0n) is 11.4. The van der Waals surface area contributed by atoms with Gasteiger partial charge in [-0.3, -0.25) is 0 Å². The molecule has 0 aliphatic carbocycles. The number of hydrogen-bond acceptors (Lipinski definition) is 1. The van der Waals surface area contributed by atoms with E-state index >= 15 is 0 Å². The molecule has 4 aromatic rings. The predicted octanol–water partition coefficient (Wildman–Crippen LogP) is 5.96. The van der Waals surface area contributed by atoms with E-state index < -0.39 is 7.53 Å². The molecule has 1 nitrogen and oxygen atoms in total. The van der Waals surface area contributed by atoms with Crippen LogP contribution in [0.1, 0.15) is 0 Å². The lowest BCUT2D eigenvalue weighted by molar-refractivity contribution is 0.479. The Morgan fingerprint density at radius 2 is 1.43 bits per heavy atom. The van der Waals surface area contributed by atoms with Crippen molar-refractivity contribution in [3.05, 3.63) is 78.6 Å². The highest BCUT2D eigenvalue weighted by molar-refractivity contribution is 7.62. The number of phenolic OH excluding ortho intramolecular Hbond substituents is 1. The quantitative estimate of drug-likeness (QED) is 0.429. The van der Waals surface area contributed by atoms with E-state index in [-0.39, 0.29) is 0 Å². The summed E-state index contributed by atoms with van der Waals surface area (Å²) in [4.78, 5) is 0. The molecule has 1 aromatic heterocycles. The van der Waals surface area contributed by atoms with Crippen LogP contribution in [0.3, 0.4) is 0 Å². The van der Waals surface area contributed by atoms with Crippen LogP contribution in [0.2, 0.25) is 0 Å². The van der Waals surface area contributed by atoms with Crippen molar-refractivity contribution >= 4 is 28.8 Å². The molecule has 4 rings (SSSR count). The molecule has 0 radical (unpaired) electrons. The van der Waals surface area contributed by atoms with Gasteiger partial charge in [0.05, 0.1) is 0 Å². The highest BCUT2D eigenvalue weighted by atomic mass is 31.1. The third-order valence-electron chi connectivity index (χ3n) is 3.85. The van der Waals surface area contributed by atoms with Crippen LogP contribution in [-0.4, -0.2) is 5.11 Å². The van der Waals surface area contributed by atoms with Gasteiger partial charge in [0.25, 0.3) is 0 Å². The Morgan fingerprint density at radius 1 is 0.667 bits per heavy atom. The Balaban J connectivity index is 2.12. The second-order valence-electron chi connectivity index (χ2n) is 5.09. The molecule has 2 heteroatoms. The maximum atomic E-state index is 10.2. The van der Waals surface area contributed by atoms with Gasteiger partial charge in [-0.2, -0.15) is 0 Å². The number of para-hydroxylation sites is 1. The van der Waals surface area contributed by atoms with Crippen LogP contribution in [0.4, 0.5) is 0 Å². The van der Waals surface area contributed by atoms with Crippen molar-refractivity contribution in [3.63, 3.8) is 0 Å². The smallest absolute Gasteiger partial charge is 0.195 e. The van der Waals surface area contributed by atoms with E-state index in [1.54, 1.807) is 6.07 Å². The van der Waals surface area contributed by atoms with Crippen LogP contribution < -0.4 is 0 Å². The molecule has 0 spiro atoms. The van der Waals surface area contributed by atoms with E-state index in [1.807, 2.05) is 18.2 Å². The average molecular weight is 289 g/mol. The molecule has 1 unspecified atom stereocenters. The fourth-order valence-corrected chi connectivity index (χ4v) is 4.95. The number of fused-ring (bicyclic) bond motifs is 3. The fourth-order valence-electron chi connectivity index (χ4n) is 2.85. The highest BCUT2D eigenvalue weighted by Crippen LogP contribution is 2.50. The summed E-state index contributed by atoms with van der Waals surface area (Å²) in [6.45, 7) is 0. The van der Waals surface area contributed by atoms with Crippen molar-refractivity contribution < 1.29 is 5.11 Å². The number of benzene rings is 3. The van der Waals surface area contributed by atoms with Crippen LogP contribution in [0.15, 0.2) is 78.6 Å². The summed E-state index contributed by atoms with van der Waals surface area (Å²) in [7, 11) is -0.639. The zero-order chi connectivity index (χ0) is 14.2. The molecule has 3 aromatic carbocycles. The monoisotopic (exact) mass is 289 g/mol. The van der Waals surface area contributed by atoms with E-state index in [1.165, 1.54) is 21.3 Å². The van der Waals surface area contributed by atoms with Crippen molar-refractivity contribution in [2.75, 3.05) is 0 Å². The molecule has 0 aliphatic heterocycles. The molecule has 0 bridgehead atoms. The maximum Gasteiger partial charge on any atom is 0.195 e. The largest absolute Gasteiger partial charge is 0.504 e. The van der Waals surface area contributed by atoms with Crippen LogP contribution in [0.5, 0.6) is 5.75 Å². The minimum atomic E-state index is -0.639. The van der Waals surface area contributed by atoms with Gasteiger partial charge in [0, 0.05) is 5.39 Å². The standard InChI is InChI=1S/C19H13OP/c20-17-9-3-4-10-19(17)21-13-5-8-16-15-7-2-1-6-14(15)11-12-18(16)21/h1-13H/p+1. The topological polar surface area (TPSA) is 20.2 Å².